The van der Waals surface area contributed by atoms with Gasteiger partial charge in [-0.1, -0.05) is 6.42 Å². The SMILES string of the molecule is CC(=O)c1ccc(Nc2ccc3cc(S(=O)(=O)N4CCCC[C@H]4C)ccc3n2)cc1. The molecule has 0 aliphatic carbocycles. The van der Waals surface area contributed by atoms with E-state index in [9.17, 15) is 13.2 Å². The molecular formula is C23H25N3O3S. The molecule has 156 valence electrons. The van der Waals surface area contributed by atoms with Gasteiger partial charge in [-0.3, -0.25) is 4.79 Å². The van der Waals surface area contributed by atoms with Crippen LogP contribution in [0.15, 0.2) is 59.5 Å². The van der Waals surface area contributed by atoms with E-state index in [0.717, 1.165) is 30.3 Å². The van der Waals surface area contributed by atoms with E-state index in [1.807, 2.05) is 31.2 Å². The van der Waals surface area contributed by atoms with E-state index in [4.69, 9.17) is 0 Å². The van der Waals surface area contributed by atoms with Gasteiger partial charge in [-0.25, -0.2) is 13.4 Å². The Kier molecular flexibility index (Phi) is 5.58. The molecule has 4 rings (SSSR count). The van der Waals surface area contributed by atoms with E-state index in [-0.39, 0.29) is 11.8 Å². The van der Waals surface area contributed by atoms with Gasteiger partial charge in [0, 0.05) is 29.2 Å². The number of aromatic nitrogens is 1. The van der Waals surface area contributed by atoms with Gasteiger partial charge in [0.2, 0.25) is 10.0 Å². The molecule has 6 nitrogen and oxygen atoms in total. The van der Waals surface area contributed by atoms with Crippen LogP contribution in [0.3, 0.4) is 0 Å². The molecule has 0 unspecified atom stereocenters. The summed E-state index contributed by atoms with van der Waals surface area (Å²) in [5.74, 6) is 0.674. The Bertz CT molecular complexity index is 1190. The number of piperidine rings is 1. The molecule has 1 N–H and O–H groups in total. The lowest BCUT2D eigenvalue weighted by molar-refractivity contribution is 0.101. The molecule has 1 aliphatic heterocycles. The fourth-order valence-corrected chi connectivity index (χ4v) is 5.57. The number of carbonyl (C=O) groups is 1. The number of nitrogens with zero attached hydrogens (tertiary/aromatic N) is 2. The fourth-order valence-electron chi connectivity index (χ4n) is 3.83. The van der Waals surface area contributed by atoms with Crippen LogP contribution in [-0.4, -0.2) is 36.1 Å². The number of fused-ring (bicyclic) bond motifs is 1. The van der Waals surface area contributed by atoms with E-state index >= 15 is 0 Å². The van der Waals surface area contributed by atoms with Gasteiger partial charge in [-0.2, -0.15) is 4.31 Å². The minimum Gasteiger partial charge on any atom is -0.340 e. The zero-order valence-electron chi connectivity index (χ0n) is 17.1. The molecule has 0 radical (unpaired) electrons. The lowest BCUT2D eigenvalue weighted by Gasteiger charge is -2.32. The first kappa shape index (κ1) is 20.5. The summed E-state index contributed by atoms with van der Waals surface area (Å²) < 4.78 is 27.8. The molecule has 0 amide bonds. The molecule has 2 heterocycles. The van der Waals surface area contributed by atoms with Crippen molar-refractivity contribution in [1.82, 2.24) is 9.29 Å². The summed E-state index contributed by atoms with van der Waals surface area (Å²) in [6.07, 6.45) is 2.88. The van der Waals surface area contributed by atoms with Crippen molar-refractivity contribution in [3.05, 3.63) is 60.2 Å². The van der Waals surface area contributed by atoms with E-state index in [1.165, 1.54) is 6.92 Å². The van der Waals surface area contributed by atoms with E-state index in [2.05, 4.69) is 10.3 Å². The summed E-state index contributed by atoms with van der Waals surface area (Å²) in [5, 5.41) is 3.99. The Balaban J connectivity index is 1.58. The van der Waals surface area contributed by atoms with Crippen LogP contribution < -0.4 is 5.32 Å². The maximum Gasteiger partial charge on any atom is 0.243 e. The number of nitrogens with one attached hydrogen (secondary N) is 1. The second-order valence-corrected chi connectivity index (χ2v) is 9.66. The van der Waals surface area contributed by atoms with Crippen LogP contribution in [0.5, 0.6) is 0 Å². The Morgan fingerprint density at radius 3 is 2.53 bits per heavy atom. The van der Waals surface area contributed by atoms with Crippen LogP contribution in [0.4, 0.5) is 11.5 Å². The first-order chi connectivity index (χ1) is 14.3. The Labute approximate surface area is 177 Å². The van der Waals surface area contributed by atoms with Crippen LogP contribution in [0.2, 0.25) is 0 Å². The van der Waals surface area contributed by atoms with Crippen molar-refractivity contribution in [1.29, 1.82) is 0 Å². The number of sulfonamides is 1. The molecule has 1 aliphatic rings. The number of rotatable bonds is 5. The molecule has 30 heavy (non-hydrogen) atoms. The molecular weight excluding hydrogens is 398 g/mol. The van der Waals surface area contributed by atoms with Crippen LogP contribution >= 0.6 is 0 Å². The summed E-state index contributed by atoms with van der Waals surface area (Å²) in [7, 11) is -3.51. The highest BCUT2D eigenvalue weighted by Crippen LogP contribution is 2.28. The highest BCUT2D eigenvalue weighted by Gasteiger charge is 2.31. The summed E-state index contributed by atoms with van der Waals surface area (Å²) in [5.41, 5.74) is 2.19. The molecule has 7 heteroatoms. The number of Topliss-reactive ketones (excluding diaryl/α,β-unsaturated/α-hetero) is 1. The first-order valence-electron chi connectivity index (χ1n) is 10.2. The van der Waals surface area contributed by atoms with Crippen LogP contribution in [0.25, 0.3) is 10.9 Å². The maximum atomic E-state index is 13.1. The van der Waals surface area contributed by atoms with Gasteiger partial charge in [0.1, 0.15) is 5.82 Å². The minimum absolute atomic E-state index is 0.0232. The normalized spacial score (nSPS) is 17.7. The molecule has 1 saturated heterocycles. The van der Waals surface area contributed by atoms with Crippen LogP contribution in [0, 0.1) is 0 Å². The number of hydrogen-bond acceptors (Lipinski definition) is 5. The predicted octanol–water partition coefficient (Wildman–Crippen LogP) is 4.74. The summed E-state index contributed by atoms with van der Waals surface area (Å²) in [6, 6.07) is 16.0. The second-order valence-electron chi connectivity index (χ2n) is 7.77. The Hall–Kier alpha value is -2.77. The maximum absolute atomic E-state index is 13.1. The van der Waals surface area contributed by atoms with Gasteiger partial charge < -0.3 is 5.32 Å². The first-order valence-corrected chi connectivity index (χ1v) is 11.6. The van der Waals surface area contributed by atoms with Crippen molar-refractivity contribution in [3.63, 3.8) is 0 Å². The molecule has 1 aromatic heterocycles. The smallest absolute Gasteiger partial charge is 0.243 e. The Morgan fingerprint density at radius 1 is 1.07 bits per heavy atom. The minimum atomic E-state index is -3.51. The van der Waals surface area contributed by atoms with E-state index in [1.54, 1.807) is 34.6 Å². The lowest BCUT2D eigenvalue weighted by atomic mass is 10.1. The van der Waals surface area contributed by atoms with Gasteiger partial charge in [0.25, 0.3) is 0 Å². The van der Waals surface area contributed by atoms with Gasteiger partial charge in [-0.05, 0) is 81.3 Å². The molecule has 2 aromatic carbocycles. The highest BCUT2D eigenvalue weighted by molar-refractivity contribution is 7.89. The summed E-state index contributed by atoms with van der Waals surface area (Å²) in [4.78, 5) is 16.3. The zero-order chi connectivity index (χ0) is 21.3. The third-order valence-electron chi connectivity index (χ3n) is 5.57. The average molecular weight is 424 g/mol. The van der Waals surface area contributed by atoms with Gasteiger partial charge >= 0.3 is 0 Å². The molecule has 1 atom stereocenters. The Morgan fingerprint density at radius 2 is 1.83 bits per heavy atom. The van der Waals surface area contributed by atoms with Crippen molar-refractivity contribution in [3.8, 4) is 0 Å². The monoisotopic (exact) mass is 423 g/mol. The standard InChI is InChI=1S/C23H25N3O3S/c1-16-5-3-4-14-26(16)30(28,29)21-11-12-22-19(15-21)8-13-23(25-22)24-20-9-6-18(7-10-20)17(2)27/h6-13,15-16H,3-5,14H2,1-2H3,(H,24,25)/t16-/m1/s1. The van der Waals surface area contributed by atoms with Crippen molar-refractivity contribution in [2.75, 3.05) is 11.9 Å². The fraction of sp³-hybridized carbons (Fsp3) is 0.304. The van der Waals surface area contributed by atoms with E-state index < -0.39 is 10.0 Å². The van der Waals surface area contributed by atoms with Gasteiger partial charge in [-0.15, -0.1) is 0 Å². The predicted molar refractivity (Wildman–Crippen MR) is 119 cm³/mol. The third kappa shape index (κ3) is 4.08. The molecule has 0 saturated carbocycles. The molecule has 0 bridgehead atoms. The number of pyridine rings is 1. The molecule has 3 aromatic rings. The van der Waals surface area contributed by atoms with Crippen molar-refractivity contribution in [2.24, 2.45) is 0 Å². The number of benzene rings is 2. The third-order valence-corrected chi connectivity index (χ3v) is 7.58. The number of hydrogen-bond donors (Lipinski definition) is 1. The topological polar surface area (TPSA) is 79.4 Å². The largest absolute Gasteiger partial charge is 0.340 e. The second kappa shape index (κ2) is 8.16. The van der Waals surface area contributed by atoms with E-state index in [0.29, 0.717) is 28.3 Å². The lowest BCUT2D eigenvalue weighted by Crippen LogP contribution is -2.41. The van der Waals surface area contributed by atoms with Gasteiger partial charge in [0.15, 0.2) is 5.78 Å². The number of anilines is 2. The summed E-state index contributed by atoms with van der Waals surface area (Å²) >= 11 is 0. The quantitative estimate of drug-likeness (QED) is 0.600. The molecule has 1 fully saturated rings. The average Bonchev–Trinajstić information content (AvgIpc) is 2.74. The number of carbonyl (C=O) groups excluding carboxylic acids is 1. The van der Waals surface area contributed by atoms with Crippen molar-refractivity contribution < 1.29 is 13.2 Å². The van der Waals surface area contributed by atoms with Crippen molar-refractivity contribution in [2.45, 2.75) is 44.0 Å². The van der Waals surface area contributed by atoms with Gasteiger partial charge in [0.05, 0.1) is 10.4 Å². The van der Waals surface area contributed by atoms with Crippen LogP contribution in [0.1, 0.15) is 43.5 Å². The molecule has 0 spiro atoms. The highest BCUT2D eigenvalue weighted by atomic mass is 32.2. The van der Waals surface area contributed by atoms with Crippen molar-refractivity contribution >= 4 is 38.2 Å². The zero-order valence-corrected chi connectivity index (χ0v) is 17.9. The summed E-state index contributed by atoms with van der Waals surface area (Å²) in [6.45, 7) is 4.08. The number of ketones is 1. The van der Waals surface area contributed by atoms with Crippen LogP contribution in [-0.2, 0) is 10.0 Å².